The van der Waals surface area contributed by atoms with Gasteiger partial charge in [0.15, 0.2) is 0 Å². The molecule has 0 saturated carbocycles. The largest absolute Gasteiger partial charge is 0.328 e. The lowest BCUT2D eigenvalue weighted by atomic mass is 10.1. The Balaban J connectivity index is 0.00000121. The smallest absolute Gasteiger partial charge is 0.0635 e. The molecule has 12 heavy (non-hydrogen) atoms. The van der Waals surface area contributed by atoms with E-state index in [-0.39, 0.29) is 12.4 Å². The highest BCUT2D eigenvalue weighted by Gasteiger charge is 2.14. The Kier molecular flexibility index (Phi) is 6.09. The number of rotatable bonds is 2. The predicted octanol–water partition coefficient (Wildman–Crippen LogP) is 0.745. The molecule has 1 aliphatic heterocycles. The zero-order valence-electron chi connectivity index (χ0n) is 7.20. The topological polar surface area (TPSA) is 53.0 Å². The van der Waals surface area contributed by atoms with Gasteiger partial charge in [-0.15, -0.1) is 12.4 Å². The molecule has 1 saturated heterocycles. The molecule has 0 aromatic rings. The third kappa shape index (κ3) is 3.91. The first-order valence-electron chi connectivity index (χ1n) is 4.18. The van der Waals surface area contributed by atoms with Gasteiger partial charge < -0.3 is 10.6 Å². The first kappa shape index (κ1) is 11.7. The molecule has 1 rings (SSSR count). The van der Waals surface area contributed by atoms with E-state index in [9.17, 15) is 0 Å². The molecule has 70 valence electrons. The normalized spacial score (nSPS) is 19.7. The van der Waals surface area contributed by atoms with Gasteiger partial charge in [0.2, 0.25) is 0 Å². The molecule has 0 spiro atoms. The van der Waals surface area contributed by atoms with Crippen LogP contribution in [0.4, 0.5) is 0 Å². The summed E-state index contributed by atoms with van der Waals surface area (Å²) in [5, 5.41) is 8.35. The molecule has 0 amide bonds. The number of nitrogens with two attached hydrogens (primary N) is 1. The van der Waals surface area contributed by atoms with Crippen molar-refractivity contribution in [3.05, 3.63) is 0 Å². The van der Waals surface area contributed by atoms with E-state index in [1.54, 1.807) is 0 Å². The fourth-order valence-electron chi connectivity index (χ4n) is 1.38. The summed E-state index contributed by atoms with van der Waals surface area (Å²) in [7, 11) is 0. The van der Waals surface area contributed by atoms with Crippen molar-refractivity contribution in [3.8, 4) is 6.07 Å². The molecule has 2 N–H and O–H groups in total. The summed E-state index contributed by atoms with van der Waals surface area (Å²) in [6, 6.07) is 2.55. The molecular formula is C8H16ClN3. The SMILES string of the molecule is Cl.N#CCCN1CCC(N)CC1. The lowest BCUT2D eigenvalue weighted by Gasteiger charge is -2.29. The molecule has 1 heterocycles. The minimum Gasteiger partial charge on any atom is -0.328 e. The van der Waals surface area contributed by atoms with Gasteiger partial charge in [-0.2, -0.15) is 5.26 Å². The Morgan fingerprint density at radius 3 is 2.50 bits per heavy atom. The molecule has 0 radical (unpaired) electrons. The van der Waals surface area contributed by atoms with Crippen molar-refractivity contribution < 1.29 is 0 Å². The number of piperidine rings is 1. The van der Waals surface area contributed by atoms with E-state index in [0.29, 0.717) is 12.5 Å². The lowest BCUT2D eigenvalue weighted by molar-refractivity contribution is 0.217. The van der Waals surface area contributed by atoms with Gasteiger partial charge in [0, 0.05) is 19.0 Å². The first-order valence-corrected chi connectivity index (χ1v) is 4.18. The van der Waals surface area contributed by atoms with Crippen LogP contribution in [-0.4, -0.2) is 30.6 Å². The quantitative estimate of drug-likeness (QED) is 0.698. The maximum Gasteiger partial charge on any atom is 0.0635 e. The average molecular weight is 190 g/mol. The standard InChI is InChI=1S/C8H15N3.ClH/c9-4-1-5-11-6-2-8(10)3-7-11;/h8H,1-3,5-7,10H2;1H. The average Bonchev–Trinajstić information content (AvgIpc) is 2.04. The predicted molar refractivity (Wildman–Crippen MR) is 51.1 cm³/mol. The monoisotopic (exact) mass is 189 g/mol. The van der Waals surface area contributed by atoms with E-state index >= 15 is 0 Å². The number of halogens is 1. The van der Waals surface area contributed by atoms with Crippen LogP contribution in [0.1, 0.15) is 19.3 Å². The van der Waals surface area contributed by atoms with E-state index in [4.69, 9.17) is 11.0 Å². The van der Waals surface area contributed by atoms with Crippen LogP contribution >= 0.6 is 12.4 Å². The van der Waals surface area contributed by atoms with Crippen LogP contribution < -0.4 is 5.73 Å². The van der Waals surface area contributed by atoms with Crippen molar-refractivity contribution in [1.82, 2.24) is 4.90 Å². The van der Waals surface area contributed by atoms with Crippen LogP contribution in [0.5, 0.6) is 0 Å². The molecule has 0 atom stereocenters. The number of hydrogen-bond acceptors (Lipinski definition) is 3. The first-order chi connectivity index (χ1) is 5.33. The molecule has 0 aromatic heterocycles. The highest BCUT2D eigenvalue weighted by molar-refractivity contribution is 5.85. The summed E-state index contributed by atoms with van der Waals surface area (Å²) in [4.78, 5) is 2.31. The Bertz CT molecular complexity index is 147. The fraction of sp³-hybridized carbons (Fsp3) is 0.875. The molecule has 0 aliphatic carbocycles. The van der Waals surface area contributed by atoms with Crippen molar-refractivity contribution in [2.45, 2.75) is 25.3 Å². The maximum absolute atomic E-state index is 8.35. The van der Waals surface area contributed by atoms with E-state index < -0.39 is 0 Å². The van der Waals surface area contributed by atoms with Crippen LogP contribution in [0.25, 0.3) is 0 Å². The van der Waals surface area contributed by atoms with Crippen LogP contribution in [0.15, 0.2) is 0 Å². The van der Waals surface area contributed by atoms with Gasteiger partial charge in [-0.3, -0.25) is 0 Å². The van der Waals surface area contributed by atoms with Gasteiger partial charge in [-0.1, -0.05) is 0 Å². The molecule has 0 bridgehead atoms. The number of nitrogens with zero attached hydrogens (tertiary/aromatic N) is 2. The fourth-order valence-corrected chi connectivity index (χ4v) is 1.38. The van der Waals surface area contributed by atoms with Crippen molar-refractivity contribution in [3.63, 3.8) is 0 Å². The summed E-state index contributed by atoms with van der Waals surface area (Å²) in [5.41, 5.74) is 5.73. The van der Waals surface area contributed by atoms with E-state index in [2.05, 4.69) is 11.0 Å². The molecule has 1 fully saturated rings. The summed E-state index contributed by atoms with van der Waals surface area (Å²) >= 11 is 0. The zero-order valence-corrected chi connectivity index (χ0v) is 8.02. The highest BCUT2D eigenvalue weighted by atomic mass is 35.5. The van der Waals surface area contributed by atoms with Gasteiger partial charge in [-0.25, -0.2) is 0 Å². The number of hydrogen-bond donors (Lipinski definition) is 1. The van der Waals surface area contributed by atoms with Crippen molar-refractivity contribution in [2.24, 2.45) is 5.73 Å². The lowest BCUT2D eigenvalue weighted by Crippen LogP contribution is -2.39. The van der Waals surface area contributed by atoms with Gasteiger partial charge in [0.1, 0.15) is 0 Å². The van der Waals surface area contributed by atoms with Crippen molar-refractivity contribution in [2.75, 3.05) is 19.6 Å². The highest BCUT2D eigenvalue weighted by Crippen LogP contribution is 2.07. The van der Waals surface area contributed by atoms with Gasteiger partial charge >= 0.3 is 0 Å². The molecule has 0 aromatic carbocycles. The van der Waals surface area contributed by atoms with Crippen LogP contribution in [0, 0.1) is 11.3 Å². The Labute approximate surface area is 79.9 Å². The van der Waals surface area contributed by atoms with Crippen LogP contribution in [-0.2, 0) is 0 Å². The van der Waals surface area contributed by atoms with Crippen molar-refractivity contribution in [1.29, 1.82) is 5.26 Å². The zero-order chi connectivity index (χ0) is 8.10. The second-order valence-electron chi connectivity index (χ2n) is 3.09. The van der Waals surface area contributed by atoms with E-state index in [1.807, 2.05) is 0 Å². The number of nitriles is 1. The molecule has 4 heteroatoms. The second kappa shape index (κ2) is 6.24. The van der Waals surface area contributed by atoms with Gasteiger partial charge in [0.25, 0.3) is 0 Å². The summed E-state index contributed by atoms with van der Waals surface area (Å²) in [5.74, 6) is 0. The van der Waals surface area contributed by atoms with Crippen LogP contribution in [0.3, 0.4) is 0 Å². The summed E-state index contributed by atoms with van der Waals surface area (Å²) < 4.78 is 0. The minimum atomic E-state index is 0. The minimum absolute atomic E-state index is 0. The van der Waals surface area contributed by atoms with Gasteiger partial charge in [-0.05, 0) is 25.9 Å². The molecular weight excluding hydrogens is 174 g/mol. The Morgan fingerprint density at radius 1 is 1.42 bits per heavy atom. The second-order valence-corrected chi connectivity index (χ2v) is 3.09. The van der Waals surface area contributed by atoms with Crippen LogP contribution in [0.2, 0.25) is 0 Å². The van der Waals surface area contributed by atoms with Gasteiger partial charge in [0.05, 0.1) is 6.07 Å². The Morgan fingerprint density at radius 2 is 2.00 bits per heavy atom. The third-order valence-corrected chi connectivity index (χ3v) is 2.17. The third-order valence-electron chi connectivity index (χ3n) is 2.17. The maximum atomic E-state index is 8.35. The van der Waals surface area contributed by atoms with E-state index in [0.717, 1.165) is 32.5 Å². The number of likely N-dealkylation sites (tertiary alicyclic amines) is 1. The van der Waals surface area contributed by atoms with Crippen molar-refractivity contribution >= 4 is 12.4 Å². The molecule has 3 nitrogen and oxygen atoms in total. The molecule has 0 unspecified atom stereocenters. The Hall–Kier alpha value is -0.300. The summed E-state index contributed by atoms with van der Waals surface area (Å²) in [6.45, 7) is 3.06. The molecule has 1 aliphatic rings. The van der Waals surface area contributed by atoms with E-state index in [1.165, 1.54) is 0 Å². The summed E-state index contributed by atoms with van der Waals surface area (Å²) in [6.07, 6.45) is 2.83.